The third kappa shape index (κ3) is 2.26. The maximum atomic E-state index is 12.0. The molecule has 92 valence electrons. The zero-order valence-electron chi connectivity index (χ0n) is 9.57. The van der Waals surface area contributed by atoms with Crippen molar-refractivity contribution in [2.45, 2.75) is 5.88 Å². The van der Waals surface area contributed by atoms with Crippen molar-refractivity contribution in [3.8, 4) is 5.75 Å². The summed E-state index contributed by atoms with van der Waals surface area (Å²) in [5.74, 6) is 0.915. The van der Waals surface area contributed by atoms with Gasteiger partial charge in [-0.1, -0.05) is 6.07 Å². The van der Waals surface area contributed by atoms with Crippen molar-refractivity contribution in [1.29, 1.82) is 0 Å². The van der Waals surface area contributed by atoms with Gasteiger partial charge in [0.2, 0.25) is 0 Å². The van der Waals surface area contributed by atoms with Gasteiger partial charge in [-0.2, -0.15) is 0 Å². The van der Waals surface area contributed by atoms with Gasteiger partial charge in [-0.25, -0.2) is 0 Å². The highest BCUT2D eigenvalue weighted by atomic mass is 35.5. The van der Waals surface area contributed by atoms with Crippen LogP contribution in [0.25, 0.3) is 10.9 Å². The molecule has 17 heavy (non-hydrogen) atoms. The molecule has 5 heteroatoms. The fourth-order valence-corrected chi connectivity index (χ4v) is 2.05. The highest BCUT2D eigenvalue weighted by Gasteiger charge is 2.09. The van der Waals surface area contributed by atoms with Crippen molar-refractivity contribution in [2.75, 3.05) is 7.11 Å². The summed E-state index contributed by atoms with van der Waals surface area (Å²) < 4.78 is 7.11. The van der Waals surface area contributed by atoms with Crippen LogP contribution in [-0.2, 0) is 12.9 Å². The number of benzene rings is 1. The van der Waals surface area contributed by atoms with Gasteiger partial charge in [0.05, 0.1) is 18.5 Å². The minimum absolute atomic E-state index is 0. The number of para-hydroxylation sites is 1. The summed E-state index contributed by atoms with van der Waals surface area (Å²) in [7, 11) is 3.47. The van der Waals surface area contributed by atoms with Gasteiger partial charge in [-0.15, -0.1) is 24.0 Å². The number of hydrogen-bond donors (Lipinski definition) is 0. The molecule has 1 heterocycles. The first-order valence-corrected chi connectivity index (χ1v) is 5.43. The van der Waals surface area contributed by atoms with E-state index in [9.17, 15) is 4.79 Å². The molecule has 1 aromatic carbocycles. The Labute approximate surface area is 110 Å². The molecule has 0 unspecified atom stereocenters. The summed E-state index contributed by atoms with van der Waals surface area (Å²) in [6.07, 6.45) is 1.75. The molecule has 0 bridgehead atoms. The number of hydrogen-bond acceptors (Lipinski definition) is 2. The number of aromatic nitrogens is 1. The van der Waals surface area contributed by atoms with Gasteiger partial charge in [0.1, 0.15) is 5.75 Å². The van der Waals surface area contributed by atoms with Crippen molar-refractivity contribution in [3.05, 3.63) is 40.2 Å². The minimum atomic E-state index is -0.0259. The standard InChI is InChI=1S/C12H12ClNO2.ClH/c1-14-7-8(6-13)12(15)9-4-3-5-10(16-2)11(9)14;/h3-5,7H,6H2,1-2H3;1H. The third-order valence-corrected chi connectivity index (χ3v) is 2.89. The van der Waals surface area contributed by atoms with Crippen molar-refractivity contribution in [1.82, 2.24) is 4.57 Å². The number of pyridine rings is 1. The quantitative estimate of drug-likeness (QED) is 0.788. The predicted octanol–water partition coefficient (Wildman–Crippen LogP) is 2.71. The zero-order chi connectivity index (χ0) is 11.7. The predicted molar refractivity (Wildman–Crippen MR) is 72.5 cm³/mol. The third-order valence-electron chi connectivity index (χ3n) is 2.60. The van der Waals surface area contributed by atoms with Gasteiger partial charge in [0.25, 0.3) is 0 Å². The van der Waals surface area contributed by atoms with Crippen LogP contribution in [0.15, 0.2) is 29.2 Å². The van der Waals surface area contributed by atoms with E-state index in [4.69, 9.17) is 16.3 Å². The number of alkyl halides is 1. The van der Waals surface area contributed by atoms with Crippen LogP contribution in [0.1, 0.15) is 5.56 Å². The van der Waals surface area contributed by atoms with Crippen LogP contribution < -0.4 is 10.2 Å². The fourth-order valence-electron chi connectivity index (χ4n) is 1.86. The fraction of sp³-hybridized carbons (Fsp3) is 0.250. The number of rotatable bonds is 2. The lowest BCUT2D eigenvalue weighted by Gasteiger charge is -2.11. The molecule has 2 rings (SSSR count). The van der Waals surface area contributed by atoms with E-state index in [-0.39, 0.29) is 23.7 Å². The smallest absolute Gasteiger partial charge is 0.193 e. The van der Waals surface area contributed by atoms with E-state index < -0.39 is 0 Å². The molecule has 0 spiro atoms. The van der Waals surface area contributed by atoms with Gasteiger partial charge < -0.3 is 9.30 Å². The second kappa shape index (κ2) is 5.43. The summed E-state index contributed by atoms with van der Waals surface area (Å²) in [5.41, 5.74) is 1.37. The Morgan fingerprint density at radius 2 is 2.12 bits per heavy atom. The van der Waals surface area contributed by atoms with E-state index in [0.717, 1.165) is 5.52 Å². The molecule has 0 aliphatic carbocycles. The lowest BCUT2D eigenvalue weighted by molar-refractivity contribution is 0.417. The molecule has 1 aromatic heterocycles. The average molecular weight is 274 g/mol. The van der Waals surface area contributed by atoms with E-state index in [1.54, 1.807) is 25.4 Å². The number of halogens is 2. The average Bonchev–Trinajstić information content (AvgIpc) is 2.32. The first-order chi connectivity index (χ1) is 7.69. The number of fused-ring (bicyclic) bond motifs is 1. The van der Waals surface area contributed by atoms with Gasteiger partial charge in [-0.3, -0.25) is 4.79 Å². The summed E-state index contributed by atoms with van der Waals surface area (Å²) in [6, 6.07) is 5.43. The molecule has 0 aliphatic heterocycles. The van der Waals surface area contributed by atoms with Crippen LogP contribution >= 0.6 is 24.0 Å². The summed E-state index contributed by atoms with van der Waals surface area (Å²) in [6.45, 7) is 0. The highest BCUT2D eigenvalue weighted by molar-refractivity contribution is 6.17. The second-order valence-corrected chi connectivity index (χ2v) is 3.85. The Morgan fingerprint density at radius 1 is 1.41 bits per heavy atom. The molecular formula is C12H13Cl2NO2. The van der Waals surface area contributed by atoms with Gasteiger partial charge in [0.15, 0.2) is 5.43 Å². The summed E-state index contributed by atoms with van der Waals surface area (Å²) >= 11 is 5.73. The monoisotopic (exact) mass is 273 g/mol. The lowest BCUT2D eigenvalue weighted by atomic mass is 10.1. The normalized spacial score (nSPS) is 10.1. The molecule has 0 saturated heterocycles. The molecule has 0 radical (unpaired) electrons. The van der Waals surface area contributed by atoms with E-state index >= 15 is 0 Å². The van der Waals surface area contributed by atoms with Crippen LogP contribution in [0.2, 0.25) is 0 Å². The maximum absolute atomic E-state index is 12.0. The molecule has 0 aliphatic rings. The van der Waals surface area contributed by atoms with E-state index in [1.165, 1.54) is 0 Å². The highest BCUT2D eigenvalue weighted by Crippen LogP contribution is 2.23. The van der Waals surface area contributed by atoms with Crippen molar-refractivity contribution >= 4 is 34.9 Å². The molecule has 0 saturated carbocycles. The number of nitrogens with zero attached hydrogens (tertiary/aromatic N) is 1. The minimum Gasteiger partial charge on any atom is -0.495 e. The molecule has 2 aromatic rings. The molecular weight excluding hydrogens is 261 g/mol. The van der Waals surface area contributed by atoms with Gasteiger partial charge in [0, 0.05) is 24.2 Å². The van der Waals surface area contributed by atoms with Crippen molar-refractivity contribution < 1.29 is 4.74 Å². The molecule has 3 nitrogen and oxygen atoms in total. The van der Waals surface area contributed by atoms with Crippen molar-refractivity contribution in [3.63, 3.8) is 0 Å². The summed E-state index contributed by atoms with van der Waals surface area (Å²) in [4.78, 5) is 12.0. The van der Waals surface area contributed by atoms with E-state index in [2.05, 4.69) is 0 Å². The number of methoxy groups -OCH3 is 1. The zero-order valence-corrected chi connectivity index (χ0v) is 11.1. The first kappa shape index (κ1) is 13.9. The summed E-state index contributed by atoms with van der Waals surface area (Å²) in [5, 5.41) is 0.639. The van der Waals surface area contributed by atoms with Crippen LogP contribution in [-0.4, -0.2) is 11.7 Å². The Hall–Kier alpha value is -1.19. The maximum Gasteiger partial charge on any atom is 0.193 e. The van der Waals surface area contributed by atoms with Crippen molar-refractivity contribution in [2.24, 2.45) is 7.05 Å². The van der Waals surface area contributed by atoms with Crippen LogP contribution in [0.5, 0.6) is 5.75 Å². The Morgan fingerprint density at radius 3 is 2.71 bits per heavy atom. The first-order valence-electron chi connectivity index (χ1n) is 4.90. The van der Waals surface area contributed by atoms with E-state index in [1.807, 2.05) is 17.7 Å². The molecule has 0 fully saturated rings. The second-order valence-electron chi connectivity index (χ2n) is 3.58. The number of ether oxygens (including phenoxy) is 1. The molecule has 0 atom stereocenters. The lowest BCUT2D eigenvalue weighted by Crippen LogP contribution is -2.12. The van der Waals surface area contributed by atoms with Crippen LogP contribution in [0.3, 0.4) is 0 Å². The van der Waals surface area contributed by atoms with Crippen LogP contribution in [0, 0.1) is 0 Å². The largest absolute Gasteiger partial charge is 0.495 e. The topological polar surface area (TPSA) is 31.2 Å². The Kier molecular flexibility index (Phi) is 4.43. The Bertz CT molecular complexity index is 593. The molecule has 0 N–H and O–H groups in total. The Balaban J connectivity index is 0.00000144. The van der Waals surface area contributed by atoms with E-state index in [0.29, 0.717) is 16.7 Å². The van der Waals surface area contributed by atoms with Crippen LogP contribution in [0.4, 0.5) is 0 Å². The van der Waals surface area contributed by atoms with Gasteiger partial charge >= 0.3 is 0 Å². The SMILES string of the molecule is COc1cccc2c(=O)c(CCl)cn(C)c12.Cl. The number of aryl methyl sites for hydroxylation is 1. The van der Waals surface area contributed by atoms with Gasteiger partial charge in [-0.05, 0) is 12.1 Å². The molecule has 0 amide bonds.